The van der Waals surface area contributed by atoms with Gasteiger partial charge in [0.05, 0.1) is 18.2 Å². The normalized spacial score (nSPS) is 21.8. The van der Waals surface area contributed by atoms with Crippen molar-refractivity contribution in [3.63, 3.8) is 0 Å². The highest BCUT2D eigenvalue weighted by Gasteiger charge is 2.29. The maximum atomic E-state index is 13.2. The number of benzene rings is 1. The Balaban J connectivity index is 1.95. The summed E-state index contributed by atoms with van der Waals surface area (Å²) in [6.45, 7) is 2.89. The Morgan fingerprint density at radius 1 is 1.53 bits per heavy atom. The summed E-state index contributed by atoms with van der Waals surface area (Å²) in [6, 6.07) is 4.27. The molecule has 1 aromatic heterocycles. The van der Waals surface area contributed by atoms with E-state index in [2.05, 4.69) is 11.9 Å². The Hall–Kier alpha value is -1.88. The quantitative estimate of drug-likeness (QED) is 0.904. The zero-order valence-electron chi connectivity index (χ0n) is 10.7. The van der Waals surface area contributed by atoms with Crippen molar-refractivity contribution in [3.05, 3.63) is 47.8 Å². The van der Waals surface area contributed by atoms with Crippen LogP contribution in [0.2, 0.25) is 0 Å². The first-order valence-electron chi connectivity index (χ1n) is 6.40. The Morgan fingerprint density at radius 2 is 2.37 bits per heavy atom. The number of hydrogen-bond donors (Lipinski definition) is 1. The van der Waals surface area contributed by atoms with Crippen molar-refractivity contribution in [1.29, 1.82) is 0 Å². The number of ether oxygens (including phenoxy) is 1. The first-order chi connectivity index (χ1) is 9.19. The summed E-state index contributed by atoms with van der Waals surface area (Å²) < 4.78 is 21.2. The fourth-order valence-electron chi connectivity index (χ4n) is 2.52. The lowest BCUT2D eigenvalue weighted by Gasteiger charge is -2.30. The molecule has 0 fully saturated rings. The molecule has 0 aliphatic carbocycles. The van der Waals surface area contributed by atoms with Gasteiger partial charge >= 0.3 is 0 Å². The van der Waals surface area contributed by atoms with Gasteiger partial charge in [0.1, 0.15) is 17.7 Å². The number of aromatic nitrogens is 2. The van der Waals surface area contributed by atoms with Gasteiger partial charge in [-0.3, -0.25) is 0 Å². The van der Waals surface area contributed by atoms with Crippen molar-refractivity contribution in [2.75, 3.05) is 0 Å². The average molecular weight is 261 g/mol. The van der Waals surface area contributed by atoms with E-state index in [0.29, 0.717) is 12.2 Å². The molecule has 19 heavy (non-hydrogen) atoms. The van der Waals surface area contributed by atoms with Gasteiger partial charge in [0.15, 0.2) is 0 Å². The van der Waals surface area contributed by atoms with Crippen LogP contribution in [0.25, 0.3) is 0 Å². The lowest BCUT2D eigenvalue weighted by Crippen LogP contribution is -2.25. The predicted octanol–water partition coefficient (Wildman–Crippen LogP) is 2.57. The van der Waals surface area contributed by atoms with E-state index >= 15 is 0 Å². The molecule has 0 saturated carbocycles. The third kappa shape index (κ3) is 2.10. The molecular weight excluding hydrogens is 245 g/mol. The number of halogens is 1. The van der Waals surface area contributed by atoms with Gasteiger partial charge in [-0.15, -0.1) is 0 Å². The van der Waals surface area contributed by atoms with Crippen LogP contribution in [0.1, 0.15) is 36.7 Å². The Bertz CT molecular complexity index is 596. The van der Waals surface area contributed by atoms with Crippen LogP contribution in [0.3, 0.4) is 0 Å². The van der Waals surface area contributed by atoms with Crippen molar-refractivity contribution in [1.82, 2.24) is 9.55 Å². The van der Waals surface area contributed by atoms with Crippen LogP contribution in [0.4, 0.5) is 4.39 Å². The summed E-state index contributed by atoms with van der Waals surface area (Å²) in [7, 11) is 0. The Kier molecular flexibility index (Phi) is 2.98. The topological polar surface area (TPSA) is 53.1 Å². The monoisotopic (exact) mass is 261 g/mol. The second kappa shape index (κ2) is 4.66. The van der Waals surface area contributed by atoms with Crippen molar-refractivity contribution < 1.29 is 9.13 Å². The molecule has 1 aromatic carbocycles. The molecule has 2 aromatic rings. The zero-order valence-corrected chi connectivity index (χ0v) is 10.7. The van der Waals surface area contributed by atoms with Crippen molar-refractivity contribution in [2.24, 2.45) is 5.73 Å². The molecule has 5 heteroatoms. The minimum absolute atomic E-state index is 0.129. The lowest BCUT2D eigenvalue weighted by molar-refractivity contribution is 0.153. The van der Waals surface area contributed by atoms with E-state index in [0.717, 1.165) is 17.8 Å². The van der Waals surface area contributed by atoms with Gasteiger partial charge in [-0.2, -0.15) is 0 Å². The van der Waals surface area contributed by atoms with Gasteiger partial charge in [-0.25, -0.2) is 9.37 Å². The predicted molar refractivity (Wildman–Crippen MR) is 69.2 cm³/mol. The third-order valence-corrected chi connectivity index (χ3v) is 3.52. The van der Waals surface area contributed by atoms with E-state index in [1.54, 1.807) is 18.6 Å². The summed E-state index contributed by atoms with van der Waals surface area (Å²) in [6.07, 6.45) is 4.08. The van der Waals surface area contributed by atoms with Gasteiger partial charge in [-0.05, 0) is 25.1 Å². The van der Waals surface area contributed by atoms with Crippen LogP contribution in [0.15, 0.2) is 30.7 Å². The van der Waals surface area contributed by atoms with Gasteiger partial charge in [0.25, 0.3) is 0 Å². The fourth-order valence-corrected chi connectivity index (χ4v) is 2.52. The molecule has 0 radical (unpaired) electrons. The Labute approximate surface area is 111 Å². The molecule has 0 bridgehead atoms. The molecule has 0 spiro atoms. The average Bonchev–Trinajstić information content (AvgIpc) is 2.87. The first kappa shape index (κ1) is 12.2. The number of nitrogens with zero attached hydrogens (tertiary/aromatic N) is 2. The molecule has 0 amide bonds. The molecule has 100 valence electrons. The van der Waals surface area contributed by atoms with Crippen molar-refractivity contribution >= 4 is 0 Å². The minimum atomic E-state index is -0.283. The Morgan fingerprint density at radius 3 is 3.16 bits per heavy atom. The molecule has 3 rings (SSSR count). The molecule has 1 aliphatic heterocycles. The molecule has 0 saturated heterocycles. The summed E-state index contributed by atoms with van der Waals surface area (Å²) in [5.41, 5.74) is 7.87. The zero-order chi connectivity index (χ0) is 13.4. The number of hydrogen-bond acceptors (Lipinski definition) is 3. The number of rotatable bonds is 2. The number of imidazole rings is 1. The van der Waals surface area contributed by atoms with Crippen LogP contribution >= 0.6 is 0 Å². The number of nitrogens with two attached hydrogens (primary N) is 1. The van der Waals surface area contributed by atoms with Gasteiger partial charge in [0, 0.05) is 24.6 Å². The molecule has 1 aliphatic rings. The van der Waals surface area contributed by atoms with Crippen LogP contribution in [0.5, 0.6) is 5.75 Å². The highest BCUT2D eigenvalue weighted by atomic mass is 19.1. The standard InChI is InChI=1S/C14H16FN3O/c1-2-18-8-17-7-12(18)14-6-11(16)10-5-9(15)3-4-13(10)19-14/h3-5,7-8,11,14H,2,6,16H2,1H3. The van der Waals surface area contributed by atoms with E-state index in [4.69, 9.17) is 10.5 Å². The largest absolute Gasteiger partial charge is 0.484 e. The summed E-state index contributed by atoms with van der Waals surface area (Å²) in [5, 5.41) is 0. The third-order valence-electron chi connectivity index (χ3n) is 3.52. The SMILES string of the molecule is CCn1cncc1C1CC(N)c2cc(F)ccc2O1. The molecule has 2 unspecified atom stereocenters. The van der Waals surface area contributed by atoms with E-state index in [9.17, 15) is 4.39 Å². The van der Waals surface area contributed by atoms with Gasteiger partial charge in [0.2, 0.25) is 0 Å². The van der Waals surface area contributed by atoms with Crippen molar-refractivity contribution in [3.8, 4) is 5.75 Å². The molecule has 4 nitrogen and oxygen atoms in total. The van der Waals surface area contributed by atoms with E-state index in [1.165, 1.54) is 12.1 Å². The molecule has 2 heterocycles. The van der Waals surface area contributed by atoms with E-state index in [-0.39, 0.29) is 18.0 Å². The minimum Gasteiger partial charge on any atom is -0.484 e. The first-order valence-corrected chi connectivity index (χ1v) is 6.40. The summed E-state index contributed by atoms with van der Waals surface area (Å²) >= 11 is 0. The van der Waals surface area contributed by atoms with Crippen LogP contribution in [-0.4, -0.2) is 9.55 Å². The highest BCUT2D eigenvalue weighted by molar-refractivity contribution is 5.39. The van der Waals surface area contributed by atoms with Crippen LogP contribution in [0, 0.1) is 5.82 Å². The summed E-state index contributed by atoms with van der Waals surface area (Å²) in [4.78, 5) is 4.15. The maximum Gasteiger partial charge on any atom is 0.142 e. The lowest BCUT2D eigenvalue weighted by atomic mass is 9.96. The molecule has 2 N–H and O–H groups in total. The molecule has 2 atom stereocenters. The van der Waals surface area contributed by atoms with Gasteiger partial charge < -0.3 is 15.0 Å². The van der Waals surface area contributed by atoms with E-state index in [1.807, 2.05) is 4.57 Å². The van der Waals surface area contributed by atoms with Crippen LogP contribution in [-0.2, 0) is 6.54 Å². The number of fused-ring (bicyclic) bond motifs is 1. The summed E-state index contributed by atoms with van der Waals surface area (Å²) in [5.74, 6) is 0.379. The maximum absolute atomic E-state index is 13.2. The smallest absolute Gasteiger partial charge is 0.142 e. The van der Waals surface area contributed by atoms with Crippen LogP contribution < -0.4 is 10.5 Å². The number of aryl methyl sites for hydroxylation is 1. The second-order valence-electron chi connectivity index (χ2n) is 4.74. The second-order valence-corrected chi connectivity index (χ2v) is 4.74. The fraction of sp³-hybridized carbons (Fsp3) is 0.357. The van der Waals surface area contributed by atoms with E-state index < -0.39 is 0 Å². The van der Waals surface area contributed by atoms with Gasteiger partial charge in [-0.1, -0.05) is 0 Å². The van der Waals surface area contributed by atoms with Crippen molar-refractivity contribution in [2.45, 2.75) is 32.0 Å². The highest BCUT2D eigenvalue weighted by Crippen LogP contribution is 2.39. The molecular formula is C14H16FN3O.